The molecule has 0 spiro atoms. The predicted octanol–water partition coefficient (Wildman–Crippen LogP) is 1.85. The number of rotatable bonds is 5. The van der Waals surface area contributed by atoms with E-state index in [0.29, 0.717) is 10.1 Å². The Morgan fingerprint density at radius 1 is 1.44 bits per heavy atom. The van der Waals surface area contributed by atoms with Crippen molar-refractivity contribution >= 4 is 28.0 Å². The van der Waals surface area contributed by atoms with Crippen molar-refractivity contribution in [1.82, 2.24) is 9.03 Å². The summed E-state index contributed by atoms with van der Waals surface area (Å²) in [4.78, 5) is 11.7. The SMILES string of the molecule is C=CCSNC(=O)N(C)S(=O)(=O)c1ccccc1. The molecule has 18 heavy (non-hydrogen) atoms. The third-order valence-corrected chi connectivity index (χ3v) is 4.52. The Morgan fingerprint density at radius 3 is 2.61 bits per heavy atom. The summed E-state index contributed by atoms with van der Waals surface area (Å²) >= 11 is 1.08. The fourth-order valence-electron chi connectivity index (χ4n) is 1.09. The first-order valence-electron chi connectivity index (χ1n) is 5.06. The Balaban J connectivity index is 2.80. The zero-order valence-electron chi connectivity index (χ0n) is 9.87. The van der Waals surface area contributed by atoms with Crippen LogP contribution in [0.3, 0.4) is 0 Å². The van der Waals surface area contributed by atoms with E-state index in [1.807, 2.05) is 0 Å². The van der Waals surface area contributed by atoms with Gasteiger partial charge in [0.05, 0.1) is 4.90 Å². The van der Waals surface area contributed by atoms with Crippen LogP contribution in [0.2, 0.25) is 0 Å². The van der Waals surface area contributed by atoms with Gasteiger partial charge in [0.1, 0.15) is 0 Å². The van der Waals surface area contributed by atoms with Crippen LogP contribution in [0, 0.1) is 0 Å². The average Bonchev–Trinajstić information content (AvgIpc) is 2.39. The summed E-state index contributed by atoms with van der Waals surface area (Å²) in [6.07, 6.45) is 1.61. The number of nitrogens with zero attached hydrogens (tertiary/aromatic N) is 1. The second kappa shape index (κ2) is 6.46. The molecule has 0 aliphatic rings. The number of carbonyl (C=O) groups is 1. The van der Waals surface area contributed by atoms with E-state index in [0.717, 1.165) is 11.9 Å². The van der Waals surface area contributed by atoms with Gasteiger partial charge in [-0.05, 0) is 24.1 Å². The molecule has 1 rings (SSSR count). The summed E-state index contributed by atoms with van der Waals surface area (Å²) in [6.45, 7) is 3.49. The lowest BCUT2D eigenvalue weighted by Crippen LogP contribution is -2.38. The quantitative estimate of drug-likeness (QED) is 0.509. The highest BCUT2D eigenvalue weighted by Crippen LogP contribution is 2.13. The number of hydrogen-bond donors (Lipinski definition) is 1. The van der Waals surface area contributed by atoms with Gasteiger partial charge in [-0.2, -0.15) is 0 Å². The fourth-order valence-corrected chi connectivity index (χ4v) is 2.69. The lowest BCUT2D eigenvalue weighted by Gasteiger charge is -2.17. The van der Waals surface area contributed by atoms with Crippen molar-refractivity contribution in [3.05, 3.63) is 43.0 Å². The second-order valence-electron chi connectivity index (χ2n) is 3.29. The first kappa shape index (κ1) is 14.6. The maximum absolute atomic E-state index is 12.0. The normalized spacial score (nSPS) is 10.7. The van der Waals surface area contributed by atoms with Gasteiger partial charge in [-0.3, -0.25) is 4.72 Å². The zero-order chi connectivity index (χ0) is 13.6. The molecule has 0 saturated carbocycles. The first-order chi connectivity index (χ1) is 8.50. The Morgan fingerprint density at radius 2 is 2.06 bits per heavy atom. The van der Waals surface area contributed by atoms with Gasteiger partial charge in [0, 0.05) is 12.8 Å². The molecule has 0 atom stereocenters. The molecule has 1 aromatic carbocycles. The maximum atomic E-state index is 12.0. The van der Waals surface area contributed by atoms with E-state index in [-0.39, 0.29) is 4.90 Å². The predicted molar refractivity (Wildman–Crippen MR) is 72.6 cm³/mol. The van der Waals surface area contributed by atoms with Crippen molar-refractivity contribution in [2.75, 3.05) is 12.8 Å². The van der Waals surface area contributed by atoms with Gasteiger partial charge in [-0.15, -0.1) is 6.58 Å². The van der Waals surface area contributed by atoms with Crippen LogP contribution < -0.4 is 4.72 Å². The molecule has 0 bridgehead atoms. The number of hydrogen-bond acceptors (Lipinski definition) is 4. The molecule has 0 saturated heterocycles. The number of carbonyl (C=O) groups excluding carboxylic acids is 1. The molecule has 0 aliphatic carbocycles. The highest BCUT2D eigenvalue weighted by atomic mass is 32.2. The smallest absolute Gasteiger partial charge is 0.281 e. The first-order valence-corrected chi connectivity index (χ1v) is 7.49. The van der Waals surface area contributed by atoms with Gasteiger partial charge in [0.15, 0.2) is 0 Å². The molecule has 0 radical (unpaired) electrons. The highest BCUT2D eigenvalue weighted by Gasteiger charge is 2.24. The molecule has 5 nitrogen and oxygen atoms in total. The summed E-state index contributed by atoms with van der Waals surface area (Å²) in [5.41, 5.74) is 0. The molecule has 2 amide bonds. The Labute approximate surface area is 111 Å². The molecular formula is C11H14N2O3S2. The Hall–Kier alpha value is -1.47. The molecule has 1 N–H and O–H groups in total. The maximum Gasteiger partial charge on any atom is 0.341 e. The standard InChI is InChI=1S/C11H14N2O3S2/c1-3-9-17-12-11(14)13(2)18(15,16)10-7-5-4-6-8-10/h3-8H,1,9H2,2H3,(H,12,14). The minimum absolute atomic E-state index is 0.0800. The minimum atomic E-state index is -3.79. The molecule has 0 aliphatic heterocycles. The van der Waals surface area contributed by atoms with Crippen LogP contribution >= 0.6 is 11.9 Å². The number of benzene rings is 1. The van der Waals surface area contributed by atoms with E-state index in [1.54, 1.807) is 24.3 Å². The summed E-state index contributed by atoms with van der Waals surface area (Å²) in [7, 11) is -2.58. The van der Waals surface area contributed by atoms with Crippen molar-refractivity contribution in [2.45, 2.75) is 4.90 Å². The topological polar surface area (TPSA) is 66.5 Å². The highest BCUT2D eigenvalue weighted by molar-refractivity contribution is 7.98. The van der Waals surface area contributed by atoms with Crippen LogP contribution in [0.4, 0.5) is 4.79 Å². The lowest BCUT2D eigenvalue weighted by atomic mass is 10.4. The van der Waals surface area contributed by atoms with Gasteiger partial charge < -0.3 is 0 Å². The molecule has 7 heteroatoms. The molecule has 0 heterocycles. The summed E-state index contributed by atoms with van der Waals surface area (Å²) in [5.74, 6) is 0.505. The van der Waals surface area contributed by atoms with Crippen molar-refractivity contribution in [2.24, 2.45) is 0 Å². The zero-order valence-corrected chi connectivity index (χ0v) is 11.5. The molecular weight excluding hydrogens is 272 g/mol. The third-order valence-electron chi connectivity index (χ3n) is 2.05. The monoisotopic (exact) mass is 286 g/mol. The van der Waals surface area contributed by atoms with E-state index in [2.05, 4.69) is 11.3 Å². The van der Waals surface area contributed by atoms with E-state index in [9.17, 15) is 13.2 Å². The molecule has 0 fully saturated rings. The van der Waals surface area contributed by atoms with Gasteiger partial charge in [0.2, 0.25) is 0 Å². The summed E-state index contributed by atoms with van der Waals surface area (Å²) in [6, 6.07) is 7.10. The van der Waals surface area contributed by atoms with E-state index in [1.165, 1.54) is 19.2 Å². The van der Waals surface area contributed by atoms with Gasteiger partial charge >= 0.3 is 6.03 Å². The average molecular weight is 286 g/mol. The second-order valence-corrected chi connectivity index (χ2v) is 6.09. The molecule has 98 valence electrons. The lowest BCUT2D eigenvalue weighted by molar-refractivity contribution is 0.234. The molecule has 1 aromatic rings. The van der Waals surface area contributed by atoms with Crippen LogP contribution in [-0.4, -0.2) is 31.6 Å². The summed E-state index contributed by atoms with van der Waals surface area (Å²) < 4.78 is 27.2. The number of amides is 2. The number of urea groups is 1. The fraction of sp³-hybridized carbons (Fsp3) is 0.182. The summed E-state index contributed by atoms with van der Waals surface area (Å²) in [5, 5.41) is 0. The van der Waals surface area contributed by atoms with Crippen LogP contribution in [0.5, 0.6) is 0 Å². The van der Waals surface area contributed by atoms with Gasteiger partial charge in [0.25, 0.3) is 10.0 Å². The Kier molecular flexibility index (Phi) is 5.24. The van der Waals surface area contributed by atoms with Crippen LogP contribution in [0.1, 0.15) is 0 Å². The molecule has 0 aromatic heterocycles. The van der Waals surface area contributed by atoms with Crippen LogP contribution in [0.25, 0.3) is 0 Å². The van der Waals surface area contributed by atoms with E-state index < -0.39 is 16.1 Å². The van der Waals surface area contributed by atoms with Gasteiger partial charge in [-0.1, -0.05) is 24.3 Å². The number of nitrogens with one attached hydrogen (secondary N) is 1. The van der Waals surface area contributed by atoms with Crippen molar-refractivity contribution < 1.29 is 13.2 Å². The number of sulfonamides is 1. The van der Waals surface area contributed by atoms with Crippen LogP contribution in [0.15, 0.2) is 47.9 Å². The largest absolute Gasteiger partial charge is 0.341 e. The van der Waals surface area contributed by atoms with Crippen LogP contribution in [-0.2, 0) is 10.0 Å². The van der Waals surface area contributed by atoms with Crippen molar-refractivity contribution in [3.8, 4) is 0 Å². The minimum Gasteiger partial charge on any atom is -0.281 e. The molecule has 0 unspecified atom stereocenters. The third kappa shape index (κ3) is 3.51. The van der Waals surface area contributed by atoms with Crippen molar-refractivity contribution in [1.29, 1.82) is 0 Å². The van der Waals surface area contributed by atoms with E-state index in [4.69, 9.17) is 0 Å². The van der Waals surface area contributed by atoms with Crippen molar-refractivity contribution in [3.63, 3.8) is 0 Å². The van der Waals surface area contributed by atoms with E-state index >= 15 is 0 Å². The Bertz CT molecular complexity index is 514. The van der Waals surface area contributed by atoms with Gasteiger partial charge in [-0.25, -0.2) is 17.5 Å².